The Morgan fingerprint density at radius 3 is 2.69 bits per heavy atom. The normalized spacial score (nSPS) is 14.8. The van der Waals surface area contributed by atoms with Crippen molar-refractivity contribution in [3.63, 3.8) is 0 Å². The smallest absolute Gasteiger partial charge is 0.282 e. The minimum absolute atomic E-state index is 0.186. The van der Waals surface area contributed by atoms with Crippen molar-refractivity contribution < 1.29 is 9.53 Å². The number of fused-ring (bicyclic) bond motifs is 1. The number of carbonyl (C=O) groups excluding carboxylic acids is 1. The van der Waals surface area contributed by atoms with Crippen molar-refractivity contribution in [3.8, 4) is 5.75 Å². The monoisotopic (exact) mass is 560 g/mol. The summed E-state index contributed by atoms with van der Waals surface area (Å²) >= 11 is 6.87. The molecule has 1 fully saturated rings. The number of benzene rings is 2. The second kappa shape index (κ2) is 9.95. The lowest BCUT2D eigenvalue weighted by molar-refractivity contribution is -0.119. The van der Waals surface area contributed by atoms with Gasteiger partial charge < -0.3 is 10.5 Å². The highest BCUT2D eigenvalue weighted by Crippen LogP contribution is 2.32. The van der Waals surface area contributed by atoms with Crippen LogP contribution in [0.2, 0.25) is 0 Å². The molecule has 166 valence electrons. The van der Waals surface area contributed by atoms with E-state index in [1.807, 2.05) is 12.1 Å². The first-order chi connectivity index (χ1) is 15.4. The van der Waals surface area contributed by atoms with Crippen LogP contribution in [0, 0.1) is 0 Å². The molecule has 9 heteroatoms. The third kappa shape index (κ3) is 5.10. The molecule has 0 saturated heterocycles. The van der Waals surface area contributed by atoms with Crippen LogP contribution < -0.4 is 16.0 Å². The molecule has 0 radical (unpaired) electrons. The Labute approximate surface area is 201 Å². The lowest BCUT2D eigenvalue weighted by Crippen LogP contribution is -2.25. The Kier molecular flexibility index (Phi) is 7.05. The third-order valence-corrected chi connectivity index (χ3v) is 6.56. The van der Waals surface area contributed by atoms with Gasteiger partial charge in [-0.25, -0.2) is 4.98 Å². The van der Waals surface area contributed by atoms with Gasteiger partial charge >= 0.3 is 0 Å². The number of halogens is 2. The van der Waals surface area contributed by atoms with Gasteiger partial charge in [-0.2, -0.15) is 9.78 Å². The molecule has 3 aromatic rings. The van der Waals surface area contributed by atoms with E-state index in [1.54, 1.807) is 30.5 Å². The summed E-state index contributed by atoms with van der Waals surface area (Å²) in [4.78, 5) is 29.1. The standard InChI is InChI=1S/C23H22Br2N4O3/c24-16-7-8-19-17(11-16)23(31)29(22(28-19)15-4-2-1-3-5-15)27-12-14-6-9-20(18(25)10-14)32-13-21(26)30/h6-12,15H,1-5,13H2,(H2,26,30). The fourth-order valence-corrected chi connectivity index (χ4v) is 4.76. The summed E-state index contributed by atoms with van der Waals surface area (Å²) in [6.45, 7) is -0.204. The molecule has 0 spiro atoms. The van der Waals surface area contributed by atoms with E-state index in [1.165, 1.54) is 11.1 Å². The Morgan fingerprint density at radius 1 is 1.19 bits per heavy atom. The highest BCUT2D eigenvalue weighted by molar-refractivity contribution is 9.10. The molecule has 2 N–H and O–H groups in total. The number of aromatic nitrogens is 2. The molecule has 4 rings (SSSR count). The second-order valence-electron chi connectivity index (χ2n) is 7.77. The van der Waals surface area contributed by atoms with Gasteiger partial charge in [0, 0.05) is 10.4 Å². The van der Waals surface area contributed by atoms with Crippen LogP contribution in [0.4, 0.5) is 0 Å². The van der Waals surface area contributed by atoms with Gasteiger partial charge in [0.1, 0.15) is 11.6 Å². The molecule has 7 nitrogen and oxygen atoms in total. The van der Waals surface area contributed by atoms with Crippen LogP contribution >= 0.6 is 31.9 Å². The zero-order valence-electron chi connectivity index (χ0n) is 17.3. The molecule has 1 aliphatic rings. The average molecular weight is 562 g/mol. The zero-order valence-corrected chi connectivity index (χ0v) is 20.4. The number of ether oxygens (including phenoxy) is 1. The second-order valence-corrected chi connectivity index (χ2v) is 9.54. The van der Waals surface area contributed by atoms with Gasteiger partial charge in [0.15, 0.2) is 6.61 Å². The summed E-state index contributed by atoms with van der Waals surface area (Å²) < 4.78 is 8.27. The van der Waals surface area contributed by atoms with Gasteiger partial charge in [-0.1, -0.05) is 35.2 Å². The Balaban J connectivity index is 1.73. The molecule has 1 aromatic heterocycles. The molecule has 1 saturated carbocycles. The van der Waals surface area contributed by atoms with Crippen LogP contribution in [0.15, 0.2) is 55.2 Å². The topological polar surface area (TPSA) is 99.6 Å². The van der Waals surface area contributed by atoms with E-state index in [4.69, 9.17) is 15.5 Å². The van der Waals surface area contributed by atoms with Gasteiger partial charge in [-0.15, -0.1) is 0 Å². The van der Waals surface area contributed by atoms with Crippen molar-refractivity contribution in [1.82, 2.24) is 9.66 Å². The molecule has 1 heterocycles. The van der Waals surface area contributed by atoms with Crippen molar-refractivity contribution in [2.45, 2.75) is 38.0 Å². The third-order valence-electron chi connectivity index (χ3n) is 5.45. The SMILES string of the molecule is NC(=O)COc1ccc(C=Nn2c(C3CCCCC3)nc3ccc(Br)cc3c2=O)cc1Br. The molecule has 1 amide bonds. The van der Waals surface area contributed by atoms with Crippen molar-refractivity contribution >= 4 is 54.9 Å². The molecule has 0 aliphatic heterocycles. The van der Waals surface area contributed by atoms with Crippen LogP contribution in [0.25, 0.3) is 10.9 Å². The largest absolute Gasteiger partial charge is 0.483 e. The number of rotatable bonds is 6. The number of primary amides is 1. The quantitative estimate of drug-likeness (QED) is 0.440. The molecule has 1 aliphatic carbocycles. The van der Waals surface area contributed by atoms with E-state index in [9.17, 15) is 9.59 Å². The van der Waals surface area contributed by atoms with E-state index in [-0.39, 0.29) is 18.1 Å². The number of amides is 1. The van der Waals surface area contributed by atoms with Crippen molar-refractivity contribution in [2.24, 2.45) is 10.8 Å². The number of carbonyl (C=O) groups is 1. The predicted octanol–water partition coefficient (Wildman–Crippen LogP) is 4.72. The van der Waals surface area contributed by atoms with Gasteiger partial charge in [-0.3, -0.25) is 9.59 Å². The van der Waals surface area contributed by atoms with Crippen LogP contribution in [-0.4, -0.2) is 28.4 Å². The van der Waals surface area contributed by atoms with Crippen LogP contribution in [-0.2, 0) is 4.79 Å². The molecule has 0 unspecified atom stereocenters. The first-order valence-electron chi connectivity index (χ1n) is 10.4. The van der Waals surface area contributed by atoms with E-state index in [2.05, 4.69) is 37.0 Å². The van der Waals surface area contributed by atoms with Crippen molar-refractivity contribution in [2.75, 3.05) is 6.61 Å². The summed E-state index contributed by atoms with van der Waals surface area (Å²) in [5.41, 5.74) is 6.39. The Morgan fingerprint density at radius 2 is 1.97 bits per heavy atom. The van der Waals surface area contributed by atoms with E-state index >= 15 is 0 Å². The molecule has 2 aromatic carbocycles. The number of hydrogen-bond donors (Lipinski definition) is 1. The highest BCUT2D eigenvalue weighted by Gasteiger charge is 2.22. The first-order valence-corrected chi connectivity index (χ1v) is 12.0. The van der Waals surface area contributed by atoms with Crippen LogP contribution in [0.3, 0.4) is 0 Å². The minimum Gasteiger partial charge on any atom is -0.483 e. The Hall–Kier alpha value is -2.52. The Bertz CT molecular complexity index is 1250. The lowest BCUT2D eigenvalue weighted by atomic mass is 9.88. The number of nitrogens with zero attached hydrogens (tertiary/aromatic N) is 3. The summed E-state index contributed by atoms with van der Waals surface area (Å²) in [5.74, 6) is 0.866. The maximum atomic E-state index is 13.4. The van der Waals surface area contributed by atoms with Gasteiger partial charge in [-0.05, 0) is 70.7 Å². The van der Waals surface area contributed by atoms with Crippen LogP contribution in [0.5, 0.6) is 5.75 Å². The number of hydrogen-bond acceptors (Lipinski definition) is 5. The van der Waals surface area contributed by atoms with E-state index < -0.39 is 5.91 Å². The maximum Gasteiger partial charge on any atom is 0.282 e. The highest BCUT2D eigenvalue weighted by atomic mass is 79.9. The fourth-order valence-electron chi connectivity index (χ4n) is 3.89. The zero-order chi connectivity index (χ0) is 22.7. The molecular formula is C23H22Br2N4O3. The van der Waals surface area contributed by atoms with Crippen molar-refractivity contribution in [3.05, 3.63) is 67.1 Å². The molecule has 0 atom stereocenters. The molecular weight excluding hydrogens is 540 g/mol. The maximum absolute atomic E-state index is 13.4. The minimum atomic E-state index is -0.549. The van der Waals surface area contributed by atoms with Gasteiger partial charge in [0.25, 0.3) is 11.5 Å². The van der Waals surface area contributed by atoms with Crippen molar-refractivity contribution in [1.29, 1.82) is 0 Å². The average Bonchev–Trinajstić information content (AvgIpc) is 2.78. The number of nitrogens with two attached hydrogens (primary N) is 1. The van der Waals surface area contributed by atoms with Crippen LogP contribution in [0.1, 0.15) is 49.4 Å². The summed E-state index contributed by atoms with van der Waals surface area (Å²) in [5, 5.41) is 5.06. The first kappa shape index (κ1) is 22.7. The van der Waals surface area contributed by atoms with E-state index in [0.717, 1.165) is 35.7 Å². The lowest BCUT2D eigenvalue weighted by Gasteiger charge is -2.22. The summed E-state index contributed by atoms with van der Waals surface area (Å²) in [6.07, 6.45) is 7.10. The van der Waals surface area contributed by atoms with Gasteiger partial charge in [0.05, 0.1) is 21.6 Å². The fraction of sp³-hybridized carbons (Fsp3) is 0.304. The van der Waals surface area contributed by atoms with Gasteiger partial charge in [0.2, 0.25) is 0 Å². The van der Waals surface area contributed by atoms with E-state index in [0.29, 0.717) is 26.9 Å². The molecule has 32 heavy (non-hydrogen) atoms. The summed E-state index contributed by atoms with van der Waals surface area (Å²) in [7, 11) is 0. The summed E-state index contributed by atoms with van der Waals surface area (Å²) in [6, 6.07) is 10.9. The predicted molar refractivity (Wildman–Crippen MR) is 131 cm³/mol. The molecule has 0 bridgehead atoms.